The number of nitriles is 1. The van der Waals surface area contributed by atoms with Crippen molar-refractivity contribution in [3.8, 4) is 6.07 Å². The minimum atomic E-state index is -0.947. The number of rotatable bonds is 2. The highest BCUT2D eigenvalue weighted by atomic mass is 16.8. The van der Waals surface area contributed by atoms with Gasteiger partial charge in [-0.1, -0.05) is 18.2 Å². The fourth-order valence-electron chi connectivity index (χ4n) is 2.87. The van der Waals surface area contributed by atoms with Gasteiger partial charge in [0, 0.05) is 13.6 Å². The zero-order valence-electron chi connectivity index (χ0n) is 13.0. The average Bonchev–Trinajstić information content (AvgIpc) is 2.90. The van der Waals surface area contributed by atoms with Crippen LogP contribution in [0.5, 0.6) is 0 Å². The van der Waals surface area contributed by atoms with Gasteiger partial charge in [0.2, 0.25) is 0 Å². The van der Waals surface area contributed by atoms with Crippen molar-refractivity contribution in [2.45, 2.75) is 44.3 Å². The van der Waals surface area contributed by atoms with Crippen LogP contribution in [0.2, 0.25) is 0 Å². The minimum Gasteiger partial charge on any atom is -0.362 e. The van der Waals surface area contributed by atoms with Crippen LogP contribution in [0.3, 0.4) is 0 Å². The summed E-state index contributed by atoms with van der Waals surface area (Å²) in [6, 6.07) is 9.16. The first-order chi connectivity index (χ1) is 9.93. The number of fused-ring (bicyclic) bond motifs is 1. The largest absolute Gasteiger partial charge is 0.362 e. The molecule has 0 amide bonds. The monoisotopic (exact) mass is 260 g/mol. The summed E-state index contributed by atoms with van der Waals surface area (Å²) in [6.07, 6.45) is -1.44. The van der Waals surface area contributed by atoms with Gasteiger partial charge in [0.1, 0.15) is 12.2 Å². The summed E-state index contributed by atoms with van der Waals surface area (Å²) >= 11 is 0. The molecule has 0 bridgehead atoms. The highest BCUT2D eigenvalue weighted by Crippen LogP contribution is 2.39. The van der Waals surface area contributed by atoms with E-state index in [4.69, 9.17) is 12.2 Å². The molecule has 1 aromatic carbocycles. The quantitative estimate of drug-likeness (QED) is 0.818. The lowest BCUT2D eigenvalue weighted by atomic mass is 10.1. The number of para-hydroxylation sites is 1. The van der Waals surface area contributed by atoms with E-state index in [0.717, 1.165) is 5.69 Å². The van der Waals surface area contributed by atoms with Crippen molar-refractivity contribution in [1.82, 2.24) is 0 Å². The predicted octanol–water partition coefficient (Wildman–Crippen LogP) is 2.31. The number of hydrogen-bond donors (Lipinski definition) is 0. The molecule has 1 unspecified atom stereocenters. The lowest BCUT2D eigenvalue weighted by molar-refractivity contribution is -0.150. The van der Waals surface area contributed by atoms with Crippen LogP contribution in [0.1, 0.15) is 23.0 Å². The molecule has 2 heterocycles. The average molecular weight is 260 g/mol. The van der Waals surface area contributed by atoms with E-state index >= 15 is 0 Å². The maximum absolute atomic E-state index is 9.17. The molecule has 2 fully saturated rings. The Bertz CT molecular complexity index is 587. The van der Waals surface area contributed by atoms with Crippen LogP contribution >= 0.6 is 0 Å². The van der Waals surface area contributed by atoms with E-state index in [9.17, 15) is 5.26 Å². The molecule has 4 heteroatoms. The van der Waals surface area contributed by atoms with E-state index in [0.29, 0.717) is 12.6 Å². The second-order valence-corrected chi connectivity index (χ2v) is 5.33. The Kier molecular flexibility index (Phi) is 2.44. The topological polar surface area (TPSA) is 45.5 Å². The molecular formula is C15H18N2O2. The van der Waals surface area contributed by atoms with Crippen molar-refractivity contribution >= 4 is 5.69 Å². The van der Waals surface area contributed by atoms with Crippen molar-refractivity contribution in [3.63, 3.8) is 0 Å². The van der Waals surface area contributed by atoms with Crippen molar-refractivity contribution in [2.75, 3.05) is 11.4 Å². The van der Waals surface area contributed by atoms with E-state index in [1.165, 1.54) is 0 Å². The molecule has 3 rings (SSSR count). The molecule has 2 saturated heterocycles. The maximum atomic E-state index is 9.17. The van der Waals surface area contributed by atoms with Gasteiger partial charge in [-0.2, -0.15) is 5.26 Å². The SMILES string of the molecule is [2H]c1ccccc1N1C[C@@H]2OC(C)(C)O[C@@H]2[C@@H]1C([2H])C#N. The highest BCUT2D eigenvalue weighted by molar-refractivity contribution is 5.49. The molecule has 0 aromatic heterocycles. The van der Waals surface area contributed by atoms with Crippen molar-refractivity contribution < 1.29 is 12.2 Å². The van der Waals surface area contributed by atoms with Crippen molar-refractivity contribution in [3.05, 3.63) is 30.3 Å². The van der Waals surface area contributed by atoms with Crippen LogP contribution in [-0.4, -0.2) is 30.6 Å². The van der Waals surface area contributed by atoms with E-state index in [-0.39, 0.29) is 12.2 Å². The number of ether oxygens (including phenoxy) is 2. The first kappa shape index (κ1) is 10.2. The van der Waals surface area contributed by atoms with Crippen molar-refractivity contribution in [1.29, 1.82) is 5.26 Å². The Morgan fingerprint density at radius 1 is 1.53 bits per heavy atom. The molecule has 100 valence electrons. The molecule has 4 nitrogen and oxygen atoms in total. The molecule has 0 saturated carbocycles. The molecule has 19 heavy (non-hydrogen) atoms. The molecule has 4 atom stereocenters. The molecule has 2 aliphatic heterocycles. The van der Waals surface area contributed by atoms with Crippen molar-refractivity contribution in [2.24, 2.45) is 0 Å². The predicted molar refractivity (Wildman–Crippen MR) is 71.6 cm³/mol. The molecule has 0 N–H and O–H groups in total. The van der Waals surface area contributed by atoms with Crippen LogP contribution in [0.4, 0.5) is 5.69 Å². The fraction of sp³-hybridized carbons (Fsp3) is 0.533. The van der Waals surface area contributed by atoms with Crippen LogP contribution in [-0.2, 0) is 9.47 Å². The summed E-state index contributed by atoms with van der Waals surface area (Å²) in [5.41, 5.74) is 0.717. The van der Waals surface area contributed by atoms with Gasteiger partial charge in [0.15, 0.2) is 5.79 Å². The summed E-state index contributed by atoms with van der Waals surface area (Å²) in [6.45, 7) is 4.22. The zero-order valence-corrected chi connectivity index (χ0v) is 11.0. The van der Waals surface area contributed by atoms with Crippen LogP contribution < -0.4 is 4.90 Å². The first-order valence-electron chi connectivity index (χ1n) is 7.50. The summed E-state index contributed by atoms with van der Waals surface area (Å²) in [5.74, 6) is -0.685. The van der Waals surface area contributed by atoms with E-state index in [1.807, 2.05) is 36.9 Å². The third kappa shape index (κ3) is 2.20. The van der Waals surface area contributed by atoms with E-state index < -0.39 is 18.2 Å². The summed E-state index contributed by atoms with van der Waals surface area (Å²) < 4.78 is 27.9. The Hall–Kier alpha value is -1.57. The molecule has 2 aliphatic rings. The second-order valence-electron chi connectivity index (χ2n) is 5.33. The third-order valence-corrected chi connectivity index (χ3v) is 3.54. The minimum absolute atomic E-state index is 0.175. The maximum Gasteiger partial charge on any atom is 0.163 e. The molecule has 0 aliphatic carbocycles. The van der Waals surface area contributed by atoms with Crippen LogP contribution in [0, 0.1) is 11.3 Å². The lowest BCUT2D eigenvalue weighted by Gasteiger charge is -2.30. The second kappa shape index (κ2) is 4.52. The van der Waals surface area contributed by atoms with Gasteiger partial charge in [-0.3, -0.25) is 0 Å². The van der Waals surface area contributed by atoms with E-state index in [1.54, 1.807) is 12.1 Å². The van der Waals surface area contributed by atoms with E-state index in [2.05, 4.69) is 0 Å². The standard InChI is InChI=1S/C15H18N2O2/c1-15(2)18-13-10-17(11-6-4-3-5-7-11)12(8-9-16)14(13)19-15/h3-7,12-14H,8,10H2,1-2H3/t12-,13-,14+/m0/s1/i6D,8D/t8?,12-,13-,14+. The van der Waals surface area contributed by atoms with Gasteiger partial charge in [-0.05, 0) is 26.0 Å². The van der Waals surface area contributed by atoms with Gasteiger partial charge in [0.25, 0.3) is 0 Å². The van der Waals surface area contributed by atoms with Crippen LogP contribution in [0.25, 0.3) is 0 Å². The van der Waals surface area contributed by atoms with Gasteiger partial charge in [-0.25, -0.2) is 0 Å². The van der Waals surface area contributed by atoms with Gasteiger partial charge in [0.05, 0.1) is 19.9 Å². The fourth-order valence-corrected chi connectivity index (χ4v) is 2.87. The Balaban J connectivity index is 1.96. The number of anilines is 1. The number of hydrogen-bond acceptors (Lipinski definition) is 4. The van der Waals surface area contributed by atoms with Crippen LogP contribution in [0.15, 0.2) is 30.3 Å². The smallest absolute Gasteiger partial charge is 0.163 e. The molecule has 0 spiro atoms. The summed E-state index contributed by atoms with van der Waals surface area (Å²) in [5, 5.41) is 9.17. The Morgan fingerprint density at radius 3 is 3.11 bits per heavy atom. The Labute approximate surface area is 116 Å². The summed E-state index contributed by atoms with van der Waals surface area (Å²) in [7, 11) is 0. The molecule has 0 radical (unpaired) electrons. The zero-order chi connectivity index (χ0) is 15.2. The first-order valence-corrected chi connectivity index (χ1v) is 6.43. The normalized spacial score (nSPS) is 35.2. The lowest BCUT2D eigenvalue weighted by Crippen LogP contribution is -2.38. The van der Waals surface area contributed by atoms with Gasteiger partial charge in [-0.15, -0.1) is 0 Å². The highest BCUT2D eigenvalue weighted by Gasteiger charge is 2.52. The molecule has 1 aromatic rings. The Morgan fingerprint density at radius 2 is 2.37 bits per heavy atom. The summed E-state index contributed by atoms with van der Waals surface area (Å²) in [4.78, 5) is 1.91. The number of benzene rings is 1. The molecular weight excluding hydrogens is 240 g/mol. The third-order valence-electron chi connectivity index (χ3n) is 3.54. The van der Waals surface area contributed by atoms with Gasteiger partial charge >= 0.3 is 0 Å². The number of nitrogens with zero attached hydrogens (tertiary/aromatic N) is 2. The van der Waals surface area contributed by atoms with Gasteiger partial charge < -0.3 is 14.4 Å².